The van der Waals surface area contributed by atoms with Gasteiger partial charge in [-0.3, -0.25) is 4.90 Å². The molecule has 1 aliphatic rings. The van der Waals surface area contributed by atoms with E-state index in [1.807, 2.05) is 6.07 Å². The zero-order valence-electron chi connectivity index (χ0n) is 9.22. The first-order valence-corrected chi connectivity index (χ1v) is 6.12. The highest BCUT2D eigenvalue weighted by Crippen LogP contribution is 2.33. The number of nitrogens with zero attached hydrogens (tertiary/aromatic N) is 1. The van der Waals surface area contributed by atoms with E-state index in [2.05, 4.69) is 33.8 Å². The van der Waals surface area contributed by atoms with Crippen molar-refractivity contribution in [2.75, 3.05) is 20.2 Å². The molecule has 0 N–H and O–H groups in total. The van der Waals surface area contributed by atoms with Crippen molar-refractivity contribution in [2.24, 2.45) is 0 Å². The van der Waals surface area contributed by atoms with E-state index in [1.54, 1.807) is 7.11 Å². The van der Waals surface area contributed by atoms with E-state index in [-0.39, 0.29) is 0 Å². The Bertz CT molecular complexity index is 365. The Morgan fingerprint density at radius 2 is 2.20 bits per heavy atom. The predicted octanol–water partition coefficient (Wildman–Crippen LogP) is 2.84. The molecule has 0 aliphatic carbocycles. The molecule has 0 atom stereocenters. The van der Waals surface area contributed by atoms with Gasteiger partial charge in [0.15, 0.2) is 0 Å². The summed E-state index contributed by atoms with van der Waals surface area (Å²) in [6.07, 6.45) is 1.11. The molecule has 1 aromatic carbocycles. The van der Waals surface area contributed by atoms with Gasteiger partial charge in [0, 0.05) is 23.1 Å². The molecule has 0 radical (unpaired) electrons. The summed E-state index contributed by atoms with van der Waals surface area (Å²) in [4.78, 5) is 2.44. The van der Waals surface area contributed by atoms with Gasteiger partial charge < -0.3 is 4.74 Å². The van der Waals surface area contributed by atoms with E-state index in [4.69, 9.17) is 4.74 Å². The number of hydrogen-bond acceptors (Lipinski definition) is 2. The van der Waals surface area contributed by atoms with Gasteiger partial charge in [0.2, 0.25) is 0 Å². The maximum absolute atomic E-state index is 5.41. The fourth-order valence-corrected chi connectivity index (χ4v) is 2.69. The molecule has 82 valence electrons. The molecule has 3 heteroatoms. The Balaban J connectivity index is 2.41. The third kappa shape index (κ3) is 2.04. The average molecular weight is 270 g/mol. The summed E-state index contributed by atoms with van der Waals surface area (Å²) in [6, 6.07) is 4.13. The number of methoxy groups -OCH3 is 1. The summed E-state index contributed by atoms with van der Waals surface area (Å²) >= 11 is 3.61. The standard InChI is InChI=1S/C12H16BrNO/c1-3-14-7-6-9-10(8-14)12(15-2)5-4-11(9)13/h4-5H,3,6-8H2,1-2H3. The van der Waals surface area contributed by atoms with Crippen LogP contribution < -0.4 is 4.74 Å². The monoisotopic (exact) mass is 269 g/mol. The molecule has 0 fully saturated rings. The quantitative estimate of drug-likeness (QED) is 0.819. The molecule has 2 nitrogen and oxygen atoms in total. The molecule has 0 unspecified atom stereocenters. The normalized spacial score (nSPS) is 16.2. The topological polar surface area (TPSA) is 12.5 Å². The molecule has 1 heterocycles. The molecule has 0 bridgehead atoms. The highest BCUT2D eigenvalue weighted by molar-refractivity contribution is 9.10. The van der Waals surface area contributed by atoms with Gasteiger partial charge in [-0.15, -0.1) is 0 Å². The first-order valence-electron chi connectivity index (χ1n) is 5.32. The third-order valence-electron chi connectivity index (χ3n) is 3.06. The minimum absolute atomic E-state index is 1.01. The second kappa shape index (κ2) is 4.54. The Kier molecular flexibility index (Phi) is 3.32. The fraction of sp³-hybridized carbons (Fsp3) is 0.500. The van der Waals surface area contributed by atoms with Gasteiger partial charge in [0.05, 0.1) is 7.11 Å². The van der Waals surface area contributed by atoms with Gasteiger partial charge in [0.1, 0.15) is 5.75 Å². The zero-order chi connectivity index (χ0) is 10.8. The van der Waals surface area contributed by atoms with Gasteiger partial charge in [-0.05, 0) is 30.7 Å². The third-order valence-corrected chi connectivity index (χ3v) is 3.80. The Morgan fingerprint density at radius 3 is 2.87 bits per heavy atom. The lowest BCUT2D eigenvalue weighted by atomic mass is 9.99. The van der Waals surface area contributed by atoms with Crippen LogP contribution in [0, 0.1) is 0 Å². The number of ether oxygens (including phenoxy) is 1. The van der Waals surface area contributed by atoms with E-state index < -0.39 is 0 Å². The van der Waals surface area contributed by atoms with Crippen molar-refractivity contribution in [1.82, 2.24) is 4.90 Å². The molecule has 0 amide bonds. The van der Waals surface area contributed by atoms with Crippen molar-refractivity contribution < 1.29 is 4.74 Å². The van der Waals surface area contributed by atoms with Crippen LogP contribution in [0.5, 0.6) is 5.75 Å². The maximum atomic E-state index is 5.41. The van der Waals surface area contributed by atoms with E-state index >= 15 is 0 Å². The van der Waals surface area contributed by atoms with Crippen molar-refractivity contribution in [3.05, 3.63) is 27.7 Å². The summed E-state index contributed by atoms with van der Waals surface area (Å²) in [5.74, 6) is 1.02. The fourth-order valence-electron chi connectivity index (χ4n) is 2.12. The van der Waals surface area contributed by atoms with Crippen LogP contribution in [-0.2, 0) is 13.0 Å². The summed E-state index contributed by atoms with van der Waals surface area (Å²) in [5, 5.41) is 0. The summed E-state index contributed by atoms with van der Waals surface area (Å²) in [5.41, 5.74) is 2.76. The minimum atomic E-state index is 1.01. The van der Waals surface area contributed by atoms with Crippen LogP contribution in [0.1, 0.15) is 18.1 Å². The molecule has 15 heavy (non-hydrogen) atoms. The molecule has 1 aliphatic heterocycles. The first kappa shape index (κ1) is 11.0. The molecular formula is C12H16BrNO. The van der Waals surface area contributed by atoms with Gasteiger partial charge >= 0.3 is 0 Å². The predicted molar refractivity (Wildman–Crippen MR) is 65.3 cm³/mol. The van der Waals surface area contributed by atoms with Crippen LogP contribution in [0.2, 0.25) is 0 Å². The largest absolute Gasteiger partial charge is 0.496 e. The molecule has 0 saturated carbocycles. The highest BCUT2D eigenvalue weighted by atomic mass is 79.9. The van der Waals surface area contributed by atoms with Crippen molar-refractivity contribution in [1.29, 1.82) is 0 Å². The molecule has 0 saturated heterocycles. The van der Waals surface area contributed by atoms with Crippen LogP contribution in [-0.4, -0.2) is 25.1 Å². The number of fused-ring (bicyclic) bond motifs is 1. The van der Waals surface area contributed by atoms with Crippen molar-refractivity contribution in [2.45, 2.75) is 19.9 Å². The number of benzene rings is 1. The smallest absolute Gasteiger partial charge is 0.123 e. The van der Waals surface area contributed by atoms with Crippen LogP contribution in [0.3, 0.4) is 0 Å². The van der Waals surface area contributed by atoms with Crippen molar-refractivity contribution in [3.8, 4) is 5.75 Å². The van der Waals surface area contributed by atoms with E-state index in [1.165, 1.54) is 15.6 Å². The number of likely N-dealkylation sites (N-methyl/N-ethyl adjacent to an activating group) is 1. The second-order valence-corrected chi connectivity index (χ2v) is 4.68. The van der Waals surface area contributed by atoms with E-state index in [9.17, 15) is 0 Å². The van der Waals surface area contributed by atoms with Crippen LogP contribution in [0.4, 0.5) is 0 Å². The Hall–Kier alpha value is -0.540. The van der Waals surface area contributed by atoms with Crippen LogP contribution in [0.25, 0.3) is 0 Å². The summed E-state index contributed by atoms with van der Waals surface area (Å²) < 4.78 is 6.63. The highest BCUT2D eigenvalue weighted by Gasteiger charge is 2.20. The number of rotatable bonds is 2. The lowest BCUT2D eigenvalue weighted by Gasteiger charge is -2.29. The van der Waals surface area contributed by atoms with Gasteiger partial charge in [-0.2, -0.15) is 0 Å². The average Bonchev–Trinajstić information content (AvgIpc) is 2.29. The van der Waals surface area contributed by atoms with Crippen LogP contribution >= 0.6 is 15.9 Å². The summed E-state index contributed by atoms with van der Waals surface area (Å²) in [7, 11) is 1.74. The second-order valence-electron chi connectivity index (χ2n) is 3.83. The Morgan fingerprint density at radius 1 is 1.40 bits per heavy atom. The summed E-state index contributed by atoms with van der Waals surface area (Å²) in [6.45, 7) is 5.47. The van der Waals surface area contributed by atoms with Gasteiger partial charge in [0.25, 0.3) is 0 Å². The van der Waals surface area contributed by atoms with E-state index in [0.717, 1.165) is 31.8 Å². The molecule has 0 spiro atoms. The molecular weight excluding hydrogens is 254 g/mol. The number of halogens is 1. The van der Waals surface area contributed by atoms with Crippen molar-refractivity contribution in [3.63, 3.8) is 0 Å². The molecule has 0 aromatic heterocycles. The number of hydrogen-bond donors (Lipinski definition) is 0. The van der Waals surface area contributed by atoms with Crippen molar-refractivity contribution >= 4 is 15.9 Å². The molecule has 2 rings (SSSR count). The first-order chi connectivity index (χ1) is 7.26. The van der Waals surface area contributed by atoms with Crippen LogP contribution in [0.15, 0.2) is 16.6 Å². The zero-order valence-corrected chi connectivity index (χ0v) is 10.8. The lowest BCUT2D eigenvalue weighted by molar-refractivity contribution is 0.261. The van der Waals surface area contributed by atoms with E-state index in [0.29, 0.717) is 0 Å². The minimum Gasteiger partial charge on any atom is -0.496 e. The van der Waals surface area contributed by atoms with Gasteiger partial charge in [-0.25, -0.2) is 0 Å². The Labute approximate surface area is 99.4 Å². The van der Waals surface area contributed by atoms with Gasteiger partial charge in [-0.1, -0.05) is 22.9 Å². The maximum Gasteiger partial charge on any atom is 0.123 e. The molecule has 1 aromatic rings. The SMILES string of the molecule is CCN1CCc2c(Br)ccc(OC)c2C1. The lowest BCUT2D eigenvalue weighted by Crippen LogP contribution is -2.30.